The Labute approximate surface area is 155 Å². The molecule has 6 nitrogen and oxygen atoms in total. The Hall–Kier alpha value is -2.93. The van der Waals surface area contributed by atoms with Gasteiger partial charge in [-0.1, -0.05) is 24.3 Å². The zero-order valence-electron chi connectivity index (χ0n) is 14.2. The van der Waals surface area contributed by atoms with Crippen molar-refractivity contribution in [3.63, 3.8) is 0 Å². The molecule has 3 rings (SSSR count). The van der Waals surface area contributed by atoms with E-state index in [2.05, 4.69) is 15.6 Å². The van der Waals surface area contributed by atoms with Gasteiger partial charge in [0.15, 0.2) is 0 Å². The predicted octanol–water partition coefficient (Wildman–Crippen LogP) is 3.71. The number of hydrogen-bond donors (Lipinski definition) is 4. The van der Waals surface area contributed by atoms with Crippen molar-refractivity contribution in [2.75, 3.05) is 11.6 Å². The van der Waals surface area contributed by atoms with E-state index < -0.39 is 18.0 Å². The lowest BCUT2D eigenvalue weighted by Gasteiger charge is -2.15. The molecule has 2 amide bonds. The van der Waals surface area contributed by atoms with Crippen molar-refractivity contribution in [2.45, 2.75) is 17.4 Å². The SMILES string of the molecule is CSc1cccc(NC(=O)N[C@H](Cc2c[nH]c3ccccc23)C(=O)O)c1. The second kappa shape index (κ2) is 7.97. The predicted molar refractivity (Wildman–Crippen MR) is 104 cm³/mol. The van der Waals surface area contributed by atoms with Gasteiger partial charge < -0.3 is 20.7 Å². The normalized spacial score (nSPS) is 11.9. The number of anilines is 1. The number of thioether (sulfide) groups is 1. The standard InChI is InChI=1S/C19H19N3O3S/c1-26-14-6-4-5-13(10-14)21-19(25)22-17(18(23)24)9-12-11-20-16-8-3-2-7-15(12)16/h2-8,10-11,17,20H,9H2,1H3,(H,23,24)(H2,21,22,25)/t17-/m1/s1. The summed E-state index contributed by atoms with van der Waals surface area (Å²) in [6, 6.07) is 13.4. The average Bonchev–Trinajstić information content (AvgIpc) is 3.04. The molecule has 1 atom stereocenters. The minimum absolute atomic E-state index is 0.192. The molecule has 0 unspecified atom stereocenters. The van der Waals surface area contributed by atoms with Crippen molar-refractivity contribution in [3.05, 3.63) is 60.3 Å². The minimum Gasteiger partial charge on any atom is -0.480 e. The van der Waals surface area contributed by atoms with Gasteiger partial charge in [-0.3, -0.25) is 0 Å². The summed E-state index contributed by atoms with van der Waals surface area (Å²) in [5, 5.41) is 15.7. The van der Waals surface area contributed by atoms with Gasteiger partial charge in [-0.25, -0.2) is 9.59 Å². The van der Waals surface area contributed by atoms with Crippen molar-refractivity contribution in [1.29, 1.82) is 0 Å². The second-order valence-corrected chi connectivity index (χ2v) is 6.66. The van der Waals surface area contributed by atoms with E-state index in [1.165, 1.54) is 0 Å². The molecule has 4 N–H and O–H groups in total. The highest BCUT2D eigenvalue weighted by Gasteiger charge is 2.22. The van der Waals surface area contributed by atoms with Crippen LogP contribution < -0.4 is 10.6 Å². The Balaban J connectivity index is 1.70. The Morgan fingerprint density at radius 2 is 2.00 bits per heavy atom. The maximum Gasteiger partial charge on any atom is 0.326 e. The van der Waals surface area contributed by atoms with Gasteiger partial charge in [-0.15, -0.1) is 11.8 Å². The molecule has 3 aromatic rings. The molecular formula is C19H19N3O3S. The molecule has 2 aromatic carbocycles. The highest BCUT2D eigenvalue weighted by Crippen LogP contribution is 2.20. The number of amides is 2. The number of aromatic nitrogens is 1. The highest BCUT2D eigenvalue weighted by molar-refractivity contribution is 7.98. The van der Waals surface area contributed by atoms with Crippen LogP contribution in [-0.2, 0) is 11.2 Å². The summed E-state index contributed by atoms with van der Waals surface area (Å²) < 4.78 is 0. The Bertz CT molecular complexity index is 938. The van der Waals surface area contributed by atoms with E-state index in [4.69, 9.17) is 0 Å². The number of carbonyl (C=O) groups excluding carboxylic acids is 1. The van der Waals surface area contributed by atoms with Gasteiger partial charge in [0, 0.05) is 34.1 Å². The number of aliphatic carboxylic acids is 1. The first-order valence-electron chi connectivity index (χ1n) is 8.06. The van der Waals surface area contributed by atoms with Crippen molar-refractivity contribution in [2.24, 2.45) is 0 Å². The number of benzene rings is 2. The van der Waals surface area contributed by atoms with Gasteiger partial charge in [-0.05, 0) is 36.1 Å². The van der Waals surface area contributed by atoms with E-state index in [0.717, 1.165) is 21.4 Å². The maximum absolute atomic E-state index is 12.2. The molecule has 0 aliphatic carbocycles. The maximum atomic E-state index is 12.2. The molecule has 0 bridgehead atoms. The summed E-state index contributed by atoms with van der Waals surface area (Å²) >= 11 is 1.56. The number of hydrogen-bond acceptors (Lipinski definition) is 3. The number of rotatable bonds is 6. The van der Waals surface area contributed by atoms with Crippen LogP contribution >= 0.6 is 11.8 Å². The van der Waals surface area contributed by atoms with Crippen molar-refractivity contribution < 1.29 is 14.7 Å². The lowest BCUT2D eigenvalue weighted by atomic mass is 10.1. The molecule has 0 saturated carbocycles. The van der Waals surface area contributed by atoms with Gasteiger partial charge in [0.1, 0.15) is 6.04 Å². The number of H-pyrrole nitrogens is 1. The van der Waals surface area contributed by atoms with Gasteiger partial charge in [-0.2, -0.15) is 0 Å². The molecule has 1 aromatic heterocycles. The number of aromatic amines is 1. The van der Waals surface area contributed by atoms with Crippen LogP contribution in [0.5, 0.6) is 0 Å². The van der Waals surface area contributed by atoms with Crippen LogP contribution in [-0.4, -0.2) is 34.4 Å². The first kappa shape index (κ1) is 17.9. The fraction of sp³-hybridized carbons (Fsp3) is 0.158. The Morgan fingerprint density at radius 1 is 1.19 bits per heavy atom. The summed E-state index contributed by atoms with van der Waals surface area (Å²) in [6.07, 6.45) is 3.92. The van der Waals surface area contributed by atoms with Crippen LogP contribution in [0.25, 0.3) is 10.9 Å². The molecule has 0 aliphatic heterocycles. The van der Waals surface area contributed by atoms with E-state index in [0.29, 0.717) is 5.69 Å². The first-order valence-corrected chi connectivity index (χ1v) is 9.28. The zero-order valence-corrected chi connectivity index (χ0v) is 15.0. The van der Waals surface area contributed by atoms with E-state index in [1.54, 1.807) is 24.0 Å². The zero-order chi connectivity index (χ0) is 18.5. The van der Waals surface area contributed by atoms with Crippen molar-refractivity contribution in [3.8, 4) is 0 Å². The van der Waals surface area contributed by atoms with Crippen molar-refractivity contribution in [1.82, 2.24) is 10.3 Å². The van der Waals surface area contributed by atoms with E-state index >= 15 is 0 Å². The van der Waals surface area contributed by atoms with Crippen LogP contribution in [0, 0.1) is 0 Å². The molecule has 7 heteroatoms. The summed E-state index contributed by atoms with van der Waals surface area (Å²) in [6.45, 7) is 0. The van der Waals surface area contributed by atoms with Crippen LogP contribution in [0.4, 0.5) is 10.5 Å². The molecule has 0 aliphatic rings. The molecule has 0 fully saturated rings. The van der Waals surface area contributed by atoms with Crippen molar-refractivity contribution >= 4 is 40.4 Å². The molecule has 0 radical (unpaired) electrons. The summed E-state index contributed by atoms with van der Waals surface area (Å²) in [4.78, 5) is 27.9. The van der Waals surface area contributed by atoms with Crippen LogP contribution in [0.1, 0.15) is 5.56 Å². The third kappa shape index (κ3) is 4.18. The molecule has 1 heterocycles. The third-order valence-electron chi connectivity index (χ3n) is 4.03. The molecule has 26 heavy (non-hydrogen) atoms. The van der Waals surface area contributed by atoms with Gasteiger partial charge in [0.2, 0.25) is 0 Å². The fourth-order valence-corrected chi connectivity index (χ4v) is 3.21. The fourth-order valence-electron chi connectivity index (χ4n) is 2.75. The monoisotopic (exact) mass is 369 g/mol. The first-order chi connectivity index (χ1) is 12.6. The lowest BCUT2D eigenvalue weighted by Crippen LogP contribution is -2.44. The minimum atomic E-state index is -1.08. The molecular weight excluding hydrogens is 350 g/mol. The van der Waals surface area contributed by atoms with Crippen LogP contribution in [0.2, 0.25) is 0 Å². The van der Waals surface area contributed by atoms with E-state index in [-0.39, 0.29) is 6.42 Å². The number of carbonyl (C=O) groups is 2. The molecule has 0 saturated heterocycles. The summed E-state index contributed by atoms with van der Waals surface area (Å²) in [7, 11) is 0. The van der Waals surface area contributed by atoms with Gasteiger partial charge >= 0.3 is 12.0 Å². The third-order valence-corrected chi connectivity index (χ3v) is 4.76. The topological polar surface area (TPSA) is 94.2 Å². The number of fused-ring (bicyclic) bond motifs is 1. The van der Waals surface area contributed by atoms with E-state index in [9.17, 15) is 14.7 Å². The number of nitrogens with one attached hydrogen (secondary N) is 3. The smallest absolute Gasteiger partial charge is 0.326 e. The Kier molecular flexibility index (Phi) is 5.48. The number of carboxylic acid groups (broad SMARTS) is 1. The lowest BCUT2D eigenvalue weighted by molar-refractivity contribution is -0.139. The molecule has 0 spiro atoms. The highest BCUT2D eigenvalue weighted by atomic mass is 32.2. The number of urea groups is 1. The summed E-state index contributed by atoms with van der Waals surface area (Å²) in [5.74, 6) is -1.08. The second-order valence-electron chi connectivity index (χ2n) is 5.78. The quantitative estimate of drug-likeness (QED) is 0.498. The largest absolute Gasteiger partial charge is 0.480 e. The average molecular weight is 369 g/mol. The van der Waals surface area contributed by atoms with Gasteiger partial charge in [0.05, 0.1) is 0 Å². The van der Waals surface area contributed by atoms with E-state index in [1.807, 2.05) is 48.7 Å². The molecule has 134 valence electrons. The van der Waals surface area contributed by atoms with Gasteiger partial charge in [0.25, 0.3) is 0 Å². The number of para-hydroxylation sites is 1. The summed E-state index contributed by atoms with van der Waals surface area (Å²) in [5.41, 5.74) is 2.40. The Morgan fingerprint density at radius 3 is 2.77 bits per heavy atom. The van der Waals surface area contributed by atoms with Crippen LogP contribution in [0.3, 0.4) is 0 Å². The number of carboxylic acids is 1. The van der Waals surface area contributed by atoms with Crippen LogP contribution in [0.15, 0.2) is 59.6 Å².